The van der Waals surface area contributed by atoms with Gasteiger partial charge >= 0.3 is 0 Å². The van der Waals surface area contributed by atoms with Crippen LogP contribution in [0.3, 0.4) is 0 Å². The third kappa shape index (κ3) is 6.25. The Morgan fingerprint density at radius 2 is 1.92 bits per heavy atom. The Labute approximate surface area is 173 Å². The minimum atomic E-state index is 0. The number of fused-ring (bicyclic) bond motifs is 1. The van der Waals surface area contributed by atoms with Gasteiger partial charge in [-0.15, -0.1) is 24.0 Å². The number of hydrogen-bond acceptors (Lipinski definition) is 3. The fraction of sp³-hybridized carbons (Fsp3) is 0.400. The Morgan fingerprint density at radius 3 is 2.69 bits per heavy atom. The van der Waals surface area contributed by atoms with Crippen LogP contribution in [0.2, 0.25) is 0 Å². The van der Waals surface area contributed by atoms with E-state index < -0.39 is 0 Å². The molecule has 0 bridgehead atoms. The van der Waals surface area contributed by atoms with Crippen molar-refractivity contribution >= 4 is 29.9 Å². The lowest BCUT2D eigenvalue weighted by atomic mass is 10.00. The Balaban J connectivity index is 0.00000243. The Bertz CT molecular complexity index is 690. The molecule has 0 amide bonds. The fourth-order valence-corrected chi connectivity index (χ4v) is 3.15. The van der Waals surface area contributed by atoms with Crippen LogP contribution in [-0.4, -0.2) is 42.5 Å². The van der Waals surface area contributed by atoms with Crippen LogP contribution in [0.25, 0.3) is 0 Å². The molecule has 0 saturated heterocycles. The van der Waals surface area contributed by atoms with Crippen LogP contribution in [0.15, 0.2) is 53.7 Å². The number of benzene rings is 1. The summed E-state index contributed by atoms with van der Waals surface area (Å²) in [5.74, 6) is 0.828. The molecule has 1 aromatic carbocycles. The molecule has 140 valence electrons. The van der Waals surface area contributed by atoms with Crippen molar-refractivity contribution in [2.75, 3.05) is 26.7 Å². The van der Waals surface area contributed by atoms with Crippen molar-refractivity contribution in [2.45, 2.75) is 25.9 Å². The van der Waals surface area contributed by atoms with E-state index in [9.17, 15) is 0 Å². The molecular weight excluding hydrogens is 437 g/mol. The summed E-state index contributed by atoms with van der Waals surface area (Å²) in [6.45, 7) is 4.94. The average molecular weight is 465 g/mol. The smallest absolute Gasteiger partial charge is 0.191 e. The number of hydrogen-bond donors (Lipinski definition) is 2. The van der Waals surface area contributed by atoms with Crippen molar-refractivity contribution in [2.24, 2.45) is 4.99 Å². The zero-order valence-corrected chi connectivity index (χ0v) is 17.6. The monoisotopic (exact) mass is 465 g/mol. The molecule has 3 rings (SSSR count). The van der Waals surface area contributed by atoms with Gasteiger partial charge < -0.3 is 10.6 Å². The van der Waals surface area contributed by atoms with E-state index >= 15 is 0 Å². The maximum Gasteiger partial charge on any atom is 0.191 e. The van der Waals surface area contributed by atoms with E-state index in [0.29, 0.717) is 6.54 Å². The van der Waals surface area contributed by atoms with Crippen LogP contribution in [0, 0.1) is 0 Å². The molecule has 0 aliphatic carbocycles. The van der Waals surface area contributed by atoms with Crippen molar-refractivity contribution in [3.8, 4) is 0 Å². The molecule has 0 unspecified atom stereocenters. The van der Waals surface area contributed by atoms with Crippen LogP contribution in [0.1, 0.15) is 23.2 Å². The van der Waals surface area contributed by atoms with Crippen LogP contribution in [0.4, 0.5) is 0 Å². The summed E-state index contributed by atoms with van der Waals surface area (Å²) in [5, 5.41) is 6.68. The summed E-state index contributed by atoms with van der Waals surface area (Å²) in [5.41, 5.74) is 4.00. The molecule has 0 saturated carbocycles. The molecule has 2 aromatic rings. The van der Waals surface area contributed by atoms with E-state index in [1.54, 1.807) is 7.05 Å². The first-order valence-electron chi connectivity index (χ1n) is 8.99. The number of guanidine groups is 1. The van der Waals surface area contributed by atoms with E-state index in [2.05, 4.69) is 49.8 Å². The Morgan fingerprint density at radius 1 is 1.12 bits per heavy atom. The zero-order chi connectivity index (χ0) is 17.3. The van der Waals surface area contributed by atoms with Gasteiger partial charge in [0.25, 0.3) is 0 Å². The molecule has 0 spiro atoms. The molecule has 2 heterocycles. The minimum absolute atomic E-state index is 0. The number of aromatic nitrogens is 1. The highest BCUT2D eigenvalue weighted by Gasteiger charge is 2.14. The summed E-state index contributed by atoms with van der Waals surface area (Å²) in [7, 11) is 1.80. The van der Waals surface area contributed by atoms with E-state index in [-0.39, 0.29) is 24.0 Å². The third-order valence-electron chi connectivity index (χ3n) is 4.54. The van der Waals surface area contributed by atoms with Gasteiger partial charge in [0, 0.05) is 39.4 Å². The highest BCUT2D eigenvalue weighted by atomic mass is 127. The molecule has 6 heteroatoms. The second kappa shape index (κ2) is 11.1. The van der Waals surface area contributed by atoms with Gasteiger partial charge in [-0.25, -0.2) is 0 Å². The second-order valence-electron chi connectivity index (χ2n) is 6.32. The molecular formula is C20H28IN5. The summed E-state index contributed by atoms with van der Waals surface area (Å²) in [6.07, 6.45) is 4.08. The van der Waals surface area contributed by atoms with Crippen LogP contribution < -0.4 is 10.6 Å². The number of halogens is 1. The molecule has 1 aliphatic rings. The third-order valence-corrected chi connectivity index (χ3v) is 4.54. The molecule has 0 radical (unpaired) electrons. The predicted molar refractivity (Wildman–Crippen MR) is 118 cm³/mol. The largest absolute Gasteiger partial charge is 0.356 e. The van der Waals surface area contributed by atoms with Crippen molar-refractivity contribution in [3.05, 3.63) is 65.5 Å². The predicted octanol–water partition coefficient (Wildman–Crippen LogP) is 2.81. The molecule has 2 N–H and O–H groups in total. The fourth-order valence-electron chi connectivity index (χ4n) is 3.15. The number of nitrogens with zero attached hydrogens (tertiary/aromatic N) is 3. The van der Waals surface area contributed by atoms with E-state index in [4.69, 9.17) is 0 Å². The molecule has 1 aliphatic heterocycles. The first-order chi connectivity index (χ1) is 12.3. The zero-order valence-electron chi connectivity index (χ0n) is 15.3. The maximum atomic E-state index is 4.31. The summed E-state index contributed by atoms with van der Waals surface area (Å²) in [4.78, 5) is 11.1. The lowest BCUT2D eigenvalue weighted by molar-refractivity contribution is 0.251. The Kier molecular flexibility index (Phi) is 8.84. The number of nitrogens with one attached hydrogen (secondary N) is 2. The molecule has 0 atom stereocenters. The summed E-state index contributed by atoms with van der Waals surface area (Å²) < 4.78 is 0. The second-order valence-corrected chi connectivity index (χ2v) is 6.32. The molecule has 26 heavy (non-hydrogen) atoms. The van der Waals surface area contributed by atoms with Gasteiger partial charge in [-0.1, -0.05) is 30.3 Å². The van der Waals surface area contributed by atoms with Gasteiger partial charge in [0.15, 0.2) is 5.96 Å². The van der Waals surface area contributed by atoms with Crippen LogP contribution >= 0.6 is 24.0 Å². The first kappa shape index (κ1) is 20.6. The highest BCUT2D eigenvalue weighted by Crippen LogP contribution is 2.18. The van der Waals surface area contributed by atoms with Crippen molar-refractivity contribution in [1.82, 2.24) is 20.5 Å². The Hall–Kier alpha value is -1.67. The molecule has 1 aromatic heterocycles. The summed E-state index contributed by atoms with van der Waals surface area (Å²) >= 11 is 0. The minimum Gasteiger partial charge on any atom is -0.356 e. The van der Waals surface area contributed by atoms with Gasteiger partial charge in [-0.2, -0.15) is 0 Å². The van der Waals surface area contributed by atoms with E-state index in [1.807, 2.05) is 24.4 Å². The number of pyridine rings is 1. The molecule has 5 nitrogen and oxygen atoms in total. The van der Waals surface area contributed by atoms with Crippen molar-refractivity contribution < 1.29 is 0 Å². The standard InChI is InChI=1S/C20H27N5.HI/c1-21-20(24-15-19-9-4-5-11-22-19)23-12-6-13-25-14-10-17-7-2-3-8-18(17)16-25;/h2-5,7-9,11H,6,10,12-16H2,1H3,(H2,21,23,24);1H. The van der Waals surface area contributed by atoms with E-state index in [0.717, 1.165) is 50.7 Å². The van der Waals surface area contributed by atoms with Crippen molar-refractivity contribution in [1.29, 1.82) is 0 Å². The molecule has 0 fully saturated rings. The lowest BCUT2D eigenvalue weighted by Crippen LogP contribution is -2.39. The van der Waals surface area contributed by atoms with Gasteiger partial charge in [0.1, 0.15) is 0 Å². The lowest BCUT2D eigenvalue weighted by Gasteiger charge is -2.28. The normalized spacial score (nSPS) is 14.3. The number of aliphatic imine (C=N–C) groups is 1. The van der Waals surface area contributed by atoms with Crippen LogP contribution in [0.5, 0.6) is 0 Å². The average Bonchev–Trinajstić information content (AvgIpc) is 2.68. The summed E-state index contributed by atoms with van der Waals surface area (Å²) in [6, 6.07) is 14.7. The quantitative estimate of drug-likeness (QED) is 0.298. The van der Waals surface area contributed by atoms with Crippen LogP contribution in [-0.2, 0) is 19.5 Å². The topological polar surface area (TPSA) is 52.6 Å². The van der Waals surface area contributed by atoms with Gasteiger partial charge in [-0.3, -0.25) is 14.9 Å². The first-order valence-corrected chi connectivity index (χ1v) is 8.99. The van der Waals surface area contributed by atoms with Gasteiger partial charge in [0.05, 0.1) is 12.2 Å². The number of rotatable bonds is 6. The highest BCUT2D eigenvalue weighted by molar-refractivity contribution is 14.0. The SMILES string of the molecule is CN=C(NCCCN1CCc2ccccc2C1)NCc1ccccn1.I. The maximum absolute atomic E-state index is 4.31. The van der Waals surface area contributed by atoms with Crippen molar-refractivity contribution in [3.63, 3.8) is 0 Å². The van der Waals surface area contributed by atoms with E-state index in [1.165, 1.54) is 11.1 Å². The van der Waals surface area contributed by atoms with Gasteiger partial charge in [-0.05, 0) is 36.1 Å². The van der Waals surface area contributed by atoms with Gasteiger partial charge in [0.2, 0.25) is 0 Å².